The van der Waals surface area contributed by atoms with E-state index in [9.17, 15) is 4.79 Å². The number of nitrogens with one attached hydrogen (secondary N) is 1. The summed E-state index contributed by atoms with van der Waals surface area (Å²) in [6.45, 7) is 4.14. The van der Waals surface area contributed by atoms with Gasteiger partial charge in [0.05, 0.1) is 6.61 Å². The second-order valence-corrected chi connectivity index (χ2v) is 4.54. The van der Waals surface area contributed by atoms with Crippen molar-refractivity contribution in [2.24, 2.45) is 0 Å². The zero-order chi connectivity index (χ0) is 14.4. The lowest BCUT2D eigenvalue weighted by atomic mass is 10.2. The van der Waals surface area contributed by atoms with Crippen molar-refractivity contribution >= 4 is 11.9 Å². The Labute approximate surface area is 118 Å². The lowest BCUT2D eigenvalue weighted by Gasteiger charge is -2.07. The van der Waals surface area contributed by atoms with Gasteiger partial charge in [0.1, 0.15) is 5.82 Å². The van der Waals surface area contributed by atoms with Gasteiger partial charge in [-0.05, 0) is 43.2 Å². The van der Waals surface area contributed by atoms with Gasteiger partial charge in [-0.1, -0.05) is 6.07 Å². The van der Waals surface area contributed by atoms with E-state index >= 15 is 0 Å². The van der Waals surface area contributed by atoms with Gasteiger partial charge in [-0.3, -0.25) is 10.3 Å². The quantitative estimate of drug-likeness (QED) is 0.928. The topological polar surface area (TPSA) is 64.1 Å². The monoisotopic (exact) mass is 271 g/mol. The third-order valence-corrected chi connectivity index (χ3v) is 2.67. The van der Waals surface area contributed by atoms with Crippen LogP contribution in [0, 0.1) is 13.8 Å². The SMILES string of the molecule is Cc1cc(C)nc(NC(=O)OCCc2cccnc2)c1. The average Bonchev–Trinajstić information content (AvgIpc) is 2.38. The van der Waals surface area contributed by atoms with Gasteiger partial charge < -0.3 is 4.74 Å². The number of ether oxygens (including phenoxy) is 1. The van der Waals surface area contributed by atoms with Gasteiger partial charge in [-0.2, -0.15) is 0 Å². The molecule has 0 bridgehead atoms. The number of carbonyl (C=O) groups is 1. The molecule has 0 radical (unpaired) electrons. The number of hydrogen-bond acceptors (Lipinski definition) is 4. The summed E-state index contributed by atoms with van der Waals surface area (Å²) in [7, 11) is 0. The highest BCUT2D eigenvalue weighted by atomic mass is 16.5. The van der Waals surface area contributed by atoms with Crippen molar-refractivity contribution in [3.8, 4) is 0 Å². The van der Waals surface area contributed by atoms with E-state index in [0.29, 0.717) is 18.8 Å². The summed E-state index contributed by atoms with van der Waals surface area (Å²) in [5.41, 5.74) is 2.93. The molecule has 0 aliphatic rings. The largest absolute Gasteiger partial charge is 0.449 e. The van der Waals surface area contributed by atoms with Gasteiger partial charge in [-0.25, -0.2) is 9.78 Å². The molecule has 0 aromatic carbocycles. The van der Waals surface area contributed by atoms with E-state index in [1.54, 1.807) is 18.5 Å². The van der Waals surface area contributed by atoms with Crippen LogP contribution < -0.4 is 5.32 Å². The molecule has 104 valence electrons. The fourth-order valence-electron chi connectivity index (χ4n) is 1.85. The Bertz CT molecular complexity index is 565. The molecule has 0 fully saturated rings. The van der Waals surface area contributed by atoms with E-state index in [-0.39, 0.29) is 0 Å². The van der Waals surface area contributed by atoms with Crippen LogP contribution >= 0.6 is 0 Å². The Morgan fingerprint density at radius 2 is 2.20 bits per heavy atom. The molecule has 2 aromatic rings. The molecule has 0 saturated heterocycles. The second kappa shape index (κ2) is 6.65. The molecule has 20 heavy (non-hydrogen) atoms. The van der Waals surface area contributed by atoms with Gasteiger partial charge in [0.2, 0.25) is 0 Å². The zero-order valence-electron chi connectivity index (χ0n) is 11.6. The lowest BCUT2D eigenvalue weighted by Crippen LogP contribution is -2.16. The average molecular weight is 271 g/mol. The first-order chi connectivity index (χ1) is 9.63. The maximum Gasteiger partial charge on any atom is 0.412 e. The van der Waals surface area contributed by atoms with Crippen LogP contribution in [0.3, 0.4) is 0 Å². The highest BCUT2D eigenvalue weighted by Gasteiger charge is 2.05. The van der Waals surface area contributed by atoms with Crippen LogP contribution in [0.25, 0.3) is 0 Å². The van der Waals surface area contributed by atoms with Crippen LogP contribution in [0.5, 0.6) is 0 Å². The number of rotatable bonds is 4. The van der Waals surface area contributed by atoms with Gasteiger partial charge in [-0.15, -0.1) is 0 Å². The Balaban J connectivity index is 1.81. The summed E-state index contributed by atoms with van der Waals surface area (Å²) in [5, 5.41) is 2.62. The van der Waals surface area contributed by atoms with Crippen molar-refractivity contribution in [3.05, 3.63) is 53.5 Å². The van der Waals surface area contributed by atoms with Crippen molar-refractivity contribution in [2.45, 2.75) is 20.3 Å². The Kier molecular flexibility index (Phi) is 4.65. The molecule has 0 saturated carbocycles. The molecule has 0 atom stereocenters. The highest BCUT2D eigenvalue weighted by Crippen LogP contribution is 2.09. The third-order valence-electron chi connectivity index (χ3n) is 2.67. The molecule has 1 amide bonds. The number of hydrogen-bond donors (Lipinski definition) is 1. The first kappa shape index (κ1) is 14.0. The van der Waals surface area contributed by atoms with Gasteiger partial charge in [0.15, 0.2) is 0 Å². The van der Waals surface area contributed by atoms with Gasteiger partial charge in [0.25, 0.3) is 0 Å². The number of carbonyl (C=O) groups excluding carboxylic acids is 1. The third kappa shape index (κ3) is 4.35. The molecule has 1 N–H and O–H groups in total. The lowest BCUT2D eigenvalue weighted by molar-refractivity contribution is 0.163. The van der Waals surface area contributed by atoms with E-state index in [1.165, 1.54) is 0 Å². The number of nitrogens with zero attached hydrogens (tertiary/aromatic N) is 2. The first-order valence-corrected chi connectivity index (χ1v) is 6.41. The van der Waals surface area contributed by atoms with E-state index in [0.717, 1.165) is 16.8 Å². The summed E-state index contributed by atoms with van der Waals surface area (Å²) >= 11 is 0. The molecule has 0 spiro atoms. The fourth-order valence-corrected chi connectivity index (χ4v) is 1.85. The molecular formula is C15H17N3O2. The molecular weight excluding hydrogens is 254 g/mol. The van der Waals surface area contributed by atoms with E-state index in [1.807, 2.05) is 32.0 Å². The summed E-state index contributed by atoms with van der Waals surface area (Å²) in [6, 6.07) is 7.54. The van der Waals surface area contributed by atoms with Crippen molar-refractivity contribution < 1.29 is 9.53 Å². The molecule has 5 nitrogen and oxygen atoms in total. The van der Waals surface area contributed by atoms with Crippen LogP contribution in [0.1, 0.15) is 16.8 Å². The van der Waals surface area contributed by atoms with Crippen LogP contribution in [-0.2, 0) is 11.2 Å². The number of anilines is 1. The minimum absolute atomic E-state index is 0.308. The minimum Gasteiger partial charge on any atom is -0.449 e. The molecule has 0 aliphatic heterocycles. The van der Waals surface area contributed by atoms with Crippen molar-refractivity contribution in [3.63, 3.8) is 0 Å². The molecule has 0 aliphatic carbocycles. The minimum atomic E-state index is -0.494. The van der Waals surface area contributed by atoms with Crippen LogP contribution in [0.4, 0.5) is 10.6 Å². The van der Waals surface area contributed by atoms with Crippen LogP contribution in [-0.4, -0.2) is 22.7 Å². The second-order valence-electron chi connectivity index (χ2n) is 4.54. The van der Waals surface area contributed by atoms with E-state index in [2.05, 4.69) is 15.3 Å². The molecule has 5 heteroatoms. The first-order valence-electron chi connectivity index (χ1n) is 6.41. The molecule has 2 aromatic heterocycles. The predicted octanol–water partition coefficient (Wildman–Crippen LogP) is 2.88. The van der Waals surface area contributed by atoms with Crippen molar-refractivity contribution in [1.82, 2.24) is 9.97 Å². The summed E-state index contributed by atoms with van der Waals surface area (Å²) < 4.78 is 5.11. The zero-order valence-corrected chi connectivity index (χ0v) is 11.6. The van der Waals surface area contributed by atoms with Gasteiger partial charge >= 0.3 is 6.09 Å². The summed E-state index contributed by atoms with van der Waals surface area (Å²) in [6.07, 6.45) is 3.61. The fraction of sp³-hybridized carbons (Fsp3) is 0.267. The van der Waals surface area contributed by atoms with Crippen LogP contribution in [0.2, 0.25) is 0 Å². The van der Waals surface area contributed by atoms with Crippen molar-refractivity contribution in [2.75, 3.05) is 11.9 Å². The Morgan fingerprint density at radius 3 is 2.90 bits per heavy atom. The maximum atomic E-state index is 11.6. The smallest absolute Gasteiger partial charge is 0.412 e. The standard InChI is InChI=1S/C15H17N3O2/c1-11-8-12(2)17-14(9-11)18-15(19)20-7-5-13-4-3-6-16-10-13/h3-4,6,8-10H,5,7H2,1-2H3,(H,17,18,19). The van der Waals surface area contributed by atoms with Crippen molar-refractivity contribution in [1.29, 1.82) is 0 Å². The highest BCUT2D eigenvalue weighted by molar-refractivity contribution is 5.83. The maximum absolute atomic E-state index is 11.6. The molecule has 2 heterocycles. The molecule has 2 rings (SSSR count). The van der Waals surface area contributed by atoms with Gasteiger partial charge in [0, 0.05) is 24.5 Å². The van der Waals surface area contributed by atoms with E-state index < -0.39 is 6.09 Å². The Hall–Kier alpha value is -2.43. The Morgan fingerprint density at radius 1 is 1.35 bits per heavy atom. The normalized spacial score (nSPS) is 10.1. The summed E-state index contributed by atoms with van der Waals surface area (Å²) in [5.74, 6) is 0.508. The number of aromatic nitrogens is 2. The summed E-state index contributed by atoms with van der Waals surface area (Å²) in [4.78, 5) is 19.9. The number of pyridine rings is 2. The van der Waals surface area contributed by atoms with E-state index in [4.69, 9.17) is 4.74 Å². The predicted molar refractivity (Wildman–Crippen MR) is 76.6 cm³/mol. The number of aryl methyl sites for hydroxylation is 2. The van der Waals surface area contributed by atoms with Crippen LogP contribution in [0.15, 0.2) is 36.7 Å². The number of amides is 1. The molecule has 0 unspecified atom stereocenters.